The molecule has 0 atom stereocenters. The van der Waals surface area contributed by atoms with Gasteiger partial charge in [0, 0.05) is 27.3 Å². The Labute approximate surface area is 196 Å². The normalized spacial score (nSPS) is 10.6. The van der Waals surface area contributed by atoms with Crippen molar-refractivity contribution in [2.75, 3.05) is 0 Å². The van der Waals surface area contributed by atoms with E-state index >= 15 is 0 Å². The van der Waals surface area contributed by atoms with Crippen molar-refractivity contribution in [2.24, 2.45) is 0 Å². The third-order valence-electron chi connectivity index (χ3n) is 4.29. The number of thioether (sulfide) groups is 1. The number of hydrogen-bond acceptors (Lipinski definition) is 6. The Balaban J connectivity index is 1.65. The van der Waals surface area contributed by atoms with E-state index in [4.69, 9.17) is 29.8 Å². The molecule has 0 radical (unpaired) electrons. The lowest BCUT2D eigenvalue weighted by atomic mass is 10.1. The highest BCUT2D eigenvalue weighted by molar-refractivity contribution is 7.98. The van der Waals surface area contributed by atoms with E-state index in [1.54, 1.807) is 6.07 Å². The van der Waals surface area contributed by atoms with Gasteiger partial charge in [0.05, 0.1) is 29.2 Å². The Bertz CT molecular complexity index is 1350. The van der Waals surface area contributed by atoms with Crippen LogP contribution in [0.1, 0.15) is 17.0 Å². The van der Waals surface area contributed by atoms with Crippen LogP contribution in [-0.4, -0.2) is 20.2 Å². The van der Waals surface area contributed by atoms with Crippen LogP contribution in [-0.2, 0) is 5.75 Å². The first-order chi connectivity index (χ1) is 15.0. The highest BCUT2D eigenvalue weighted by Crippen LogP contribution is 2.42. The molecule has 1 N–H and O–H groups in total. The fraction of sp³-hybridized carbons (Fsp3) is 0.0952. The molecule has 0 aliphatic rings. The van der Waals surface area contributed by atoms with Crippen LogP contribution >= 0.6 is 46.3 Å². The number of thiazole rings is 1. The first kappa shape index (κ1) is 21.4. The van der Waals surface area contributed by atoms with E-state index in [1.807, 2.05) is 36.6 Å². The van der Waals surface area contributed by atoms with E-state index in [2.05, 4.69) is 31.1 Å². The van der Waals surface area contributed by atoms with Crippen LogP contribution in [0, 0.1) is 24.8 Å². The number of pyridine rings is 1. The molecule has 152 valence electrons. The highest BCUT2D eigenvalue weighted by Gasteiger charge is 2.22. The predicted octanol–water partition coefficient (Wildman–Crippen LogP) is 6.93. The van der Waals surface area contributed by atoms with E-state index in [1.165, 1.54) is 23.1 Å². The Morgan fingerprint density at radius 3 is 2.68 bits per heavy atom. The number of nitriles is 1. The smallest absolute Gasteiger partial charge is 0.234 e. The summed E-state index contributed by atoms with van der Waals surface area (Å²) in [6, 6.07) is 11.5. The summed E-state index contributed by atoms with van der Waals surface area (Å²) < 4.78 is 0. The van der Waals surface area contributed by atoms with Gasteiger partial charge >= 0.3 is 0 Å². The van der Waals surface area contributed by atoms with E-state index in [0.717, 1.165) is 22.0 Å². The molecule has 0 bridgehead atoms. The molecule has 0 fully saturated rings. The van der Waals surface area contributed by atoms with Crippen molar-refractivity contribution >= 4 is 52.0 Å². The second-order valence-corrected chi connectivity index (χ2v) is 9.01. The topological polar surface area (TPSA) is 82.6 Å². The molecule has 4 rings (SSSR count). The van der Waals surface area contributed by atoms with Gasteiger partial charge in [0.15, 0.2) is 0 Å². The summed E-state index contributed by atoms with van der Waals surface area (Å²) >= 11 is 15.1. The van der Waals surface area contributed by atoms with Gasteiger partial charge in [-0.1, -0.05) is 47.1 Å². The molecule has 4 aromatic rings. The maximum Gasteiger partial charge on any atom is 0.234 e. The van der Waals surface area contributed by atoms with Gasteiger partial charge in [-0.3, -0.25) is 5.10 Å². The van der Waals surface area contributed by atoms with Crippen molar-refractivity contribution in [1.82, 2.24) is 20.2 Å². The summed E-state index contributed by atoms with van der Waals surface area (Å²) in [7, 11) is 0. The number of halogens is 2. The molecule has 0 saturated carbocycles. The predicted molar refractivity (Wildman–Crippen MR) is 125 cm³/mol. The van der Waals surface area contributed by atoms with Crippen molar-refractivity contribution in [3.63, 3.8) is 0 Å². The third-order valence-corrected chi connectivity index (χ3v) is 6.76. The maximum atomic E-state index is 9.84. The Hall–Kier alpha value is -2.88. The van der Waals surface area contributed by atoms with Crippen LogP contribution in [0.15, 0.2) is 40.7 Å². The van der Waals surface area contributed by atoms with E-state index in [-0.39, 0.29) is 16.4 Å². The minimum absolute atomic E-state index is 0.0545. The van der Waals surface area contributed by atoms with Crippen molar-refractivity contribution < 1.29 is 0 Å². The lowest BCUT2D eigenvalue weighted by Crippen LogP contribution is -1.95. The number of benzene rings is 1. The summed E-state index contributed by atoms with van der Waals surface area (Å²) in [5.41, 5.74) is 3.99. The summed E-state index contributed by atoms with van der Waals surface area (Å²) in [4.78, 5) is 12.5. The Morgan fingerprint density at radius 2 is 2.03 bits per heavy atom. The maximum absolute atomic E-state index is 9.84. The minimum atomic E-state index is 0.0545. The van der Waals surface area contributed by atoms with Crippen LogP contribution in [0.3, 0.4) is 0 Å². The van der Waals surface area contributed by atoms with E-state index < -0.39 is 0 Å². The third kappa shape index (κ3) is 4.43. The summed E-state index contributed by atoms with van der Waals surface area (Å²) in [5.74, 6) is 0.501. The zero-order valence-corrected chi connectivity index (χ0v) is 19.1. The zero-order chi connectivity index (χ0) is 22.0. The molecule has 1 aromatic carbocycles. The van der Waals surface area contributed by atoms with Crippen molar-refractivity contribution in [2.45, 2.75) is 17.7 Å². The summed E-state index contributed by atoms with van der Waals surface area (Å²) in [6.07, 6.45) is 0. The average Bonchev–Trinajstić information content (AvgIpc) is 3.41. The molecule has 0 saturated heterocycles. The van der Waals surface area contributed by atoms with E-state index in [9.17, 15) is 5.26 Å². The van der Waals surface area contributed by atoms with Gasteiger partial charge in [0.1, 0.15) is 21.3 Å². The van der Waals surface area contributed by atoms with E-state index in [0.29, 0.717) is 27.1 Å². The molecule has 0 amide bonds. The number of aryl methyl sites for hydroxylation is 1. The molecule has 0 unspecified atom stereocenters. The Morgan fingerprint density at radius 1 is 1.26 bits per heavy atom. The van der Waals surface area contributed by atoms with Crippen molar-refractivity contribution in [3.8, 4) is 27.9 Å². The molecule has 3 heterocycles. The molecule has 0 aliphatic carbocycles. The lowest BCUT2D eigenvalue weighted by molar-refractivity contribution is 1.04. The van der Waals surface area contributed by atoms with Gasteiger partial charge in [0.2, 0.25) is 5.69 Å². The number of nitrogens with zero attached hydrogens (tertiary/aromatic N) is 5. The van der Waals surface area contributed by atoms with Crippen LogP contribution in [0.5, 0.6) is 0 Å². The molecule has 6 nitrogen and oxygen atoms in total. The number of aromatic amines is 1. The quantitative estimate of drug-likeness (QED) is 0.189. The first-order valence-corrected chi connectivity index (χ1v) is 11.5. The summed E-state index contributed by atoms with van der Waals surface area (Å²) in [5, 5.41) is 20.8. The molecule has 0 spiro atoms. The monoisotopic (exact) mass is 482 g/mol. The lowest BCUT2D eigenvalue weighted by Gasteiger charge is -2.10. The van der Waals surface area contributed by atoms with Gasteiger partial charge in [-0.15, -0.1) is 11.3 Å². The standard InChI is InChI=1S/C21H12Cl2N6S2/c1-11-7-16(29-28-11)17-15(8-24)21(27-19(23)18(17)25-2)31-10-14-9-30-20(26-14)12-3-5-13(22)6-4-12/h3-7,9H,10H2,1H3,(H,28,29). The minimum Gasteiger partial charge on any atom is -0.279 e. The van der Waals surface area contributed by atoms with Crippen molar-refractivity contribution in [3.05, 3.63) is 74.3 Å². The van der Waals surface area contributed by atoms with Crippen molar-refractivity contribution in [1.29, 1.82) is 5.26 Å². The number of H-pyrrole nitrogens is 1. The molecule has 31 heavy (non-hydrogen) atoms. The molecule has 0 aliphatic heterocycles. The fourth-order valence-electron chi connectivity index (χ4n) is 2.89. The van der Waals surface area contributed by atoms with Crippen LogP contribution in [0.25, 0.3) is 26.7 Å². The molecular formula is C21H12Cl2N6S2. The SMILES string of the molecule is [C-]#[N+]c1c(Cl)nc(SCc2csc(-c3ccc(Cl)cc3)n2)c(C#N)c1-c1cc(C)n[nH]1. The number of hydrogen-bond donors (Lipinski definition) is 1. The average molecular weight is 483 g/mol. The second-order valence-electron chi connectivity index (χ2n) is 6.39. The van der Waals surface area contributed by atoms with Gasteiger partial charge in [0.25, 0.3) is 0 Å². The summed E-state index contributed by atoms with van der Waals surface area (Å²) in [6.45, 7) is 9.31. The fourth-order valence-corrected chi connectivity index (χ4v) is 5.10. The Kier molecular flexibility index (Phi) is 6.26. The largest absolute Gasteiger partial charge is 0.279 e. The van der Waals surface area contributed by atoms with Gasteiger partial charge in [-0.2, -0.15) is 10.4 Å². The molecular weight excluding hydrogens is 471 g/mol. The van der Waals surface area contributed by atoms with Crippen LogP contribution in [0.4, 0.5) is 5.69 Å². The van der Waals surface area contributed by atoms with Gasteiger partial charge < -0.3 is 0 Å². The van der Waals surface area contributed by atoms with Gasteiger partial charge in [-0.25, -0.2) is 14.8 Å². The molecule has 10 heteroatoms. The van der Waals surface area contributed by atoms with Crippen LogP contribution in [0.2, 0.25) is 10.2 Å². The number of rotatable bonds is 5. The highest BCUT2D eigenvalue weighted by atomic mass is 35.5. The number of nitrogens with one attached hydrogen (secondary N) is 1. The first-order valence-electron chi connectivity index (χ1n) is 8.86. The van der Waals surface area contributed by atoms with Gasteiger partial charge in [-0.05, 0) is 25.1 Å². The van der Waals surface area contributed by atoms with Crippen LogP contribution < -0.4 is 0 Å². The second kappa shape index (κ2) is 9.09. The number of aromatic nitrogens is 4. The molecule has 3 aromatic heterocycles. The zero-order valence-electron chi connectivity index (χ0n) is 16.0.